The van der Waals surface area contributed by atoms with Crippen molar-refractivity contribution in [2.24, 2.45) is 0 Å². The van der Waals surface area contributed by atoms with Crippen molar-refractivity contribution >= 4 is 9.28 Å². The summed E-state index contributed by atoms with van der Waals surface area (Å²) in [5.41, 5.74) is 0. The fourth-order valence-electron chi connectivity index (χ4n) is 0.886. The Kier molecular flexibility index (Phi) is 8.34. The summed E-state index contributed by atoms with van der Waals surface area (Å²) in [5, 5.41) is 0. The van der Waals surface area contributed by atoms with Crippen molar-refractivity contribution in [3.63, 3.8) is 0 Å². The molecule has 0 N–H and O–H groups in total. The van der Waals surface area contributed by atoms with Gasteiger partial charge in [-0.1, -0.05) is 20.3 Å². The monoisotopic (exact) mass is 176 g/mol. The second kappa shape index (κ2) is 8.24. The Bertz CT molecular complexity index is 72.5. The van der Waals surface area contributed by atoms with Crippen LogP contribution in [0, 0.1) is 0 Å². The molecule has 0 aromatic heterocycles. The van der Waals surface area contributed by atoms with Gasteiger partial charge < -0.3 is 8.85 Å². The van der Waals surface area contributed by atoms with Crippen LogP contribution in [0.25, 0.3) is 0 Å². The van der Waals surface area contributed by atoms with E-state index in [4.69, 9.17) is 8.85 Å². The average molecular weight is 176 g/mol. The van der Waals surface area contributed by atoms with Crippen molar-refractivity contribution in [3.05, 3.63) is 0 Å². The van der Waals surface area contributed by atoms with Crippen molar-refractivity contribution in [2.75, 3.05) is 13.2 Å². The lowest BCUT2D eigenvalue weighted by molar-refractivity contribution is 0.204. The normalized spacial score (nSPS) is 13.4. The average Bonchev–Trinajstić information content (AvgIpc) is 2.01. The molecule has 1 unspecified atom stereocenters. The minimum absolute atomic E-state index is 0.806. The molecule has 0 rings (SSSR count). The Morgan fingerprint density at radius 3 is 2.18 bits per heavy atom. The molecule has 0 aliphatic carbocycles. The molecule has 1 atom stereocenters. The molecule has 0 aliphatic rings. The zero-order valence-corrected chi connectivity index (χ0v) is 9.08. The Labute approximate surface area is 71.7 Å². The van der Waals surface area contributed by atoms with Crippen LogP contribution in [0.2, 0.25) is 6.04 Å². The van der Waals surface area contributed by atoms with Gasteiger partial charge in [-0.05, 0) is 19.4 Å². The lowest BCUT2D eigenvalue weighted by atomic mass is 10.5. The highest BCUT2D eigenvalue weighted by Crippen LogP contribution is 2.01. The predicted octanol–water partition coefficient (Wildman–Crippen LogP) is 2.08. The highest BCUT2D eigenvalue weighted by Gasteiger charge is 2.09. The van der Waals surface area contributed by atoms with Gasteiger partial charge in [-0.25, -0.2) is 0 Å². The lowest BCUT2D eigenvalue weighted by Crippen LogP contribution is -2.22. The molecule has 0 bridgehead atoms. The molecule has 0 radical (unpaired) electrons. The summed E-state index contributed by atoms with van der Waals surface area (Å²) in [7, 11) is -1.25. The van der Waals surface area contributed by atoms with Crippen LogP contribution < -0.4 is 0 Å². The van der Waals surface area contributed by atoms with Gasteiger partial charge >= 0.3 is 9.28 Å². The molecule has 0 fully saturated rings. The topological polar surface area (TPSA) is 18.5 Å². The summed E-state index contributed by atoms with van der Waals surface area (Å²) in [4.78, 5) is 0. The van der Waals surface area contributed by atoms with E-state index < -0.39 is 9.28 Å². The lowest BCUT2D eigenvalue weighted by Gasteiger charge is -2.13. The maximum absolute atomic E-state index is 5.59. The minimum atomic E-state index is -1.25. The van der Waals surface area contributed by atoms with Crippen molar-refractivity contribution < 1.29 is 8.85 Å². The van der Waals surface area contributed by atoms with E-state index in [-0.39, 0.29) is 0 Å². The summed E-state index contributed by atoms with van der Waals surface area (Å²) >= 11 is 0. The number of hydrogen-bond donors (Lipinski definition) is 0. The summed E-state index contributed by atoms with van der Waals surface area (Å²) in [6.07, 6.45) is 2.28. The van der Waals surface area contributed by atoms with Gasteiger partial charge in [-0.2, -0.15) is 0 Å². The maximum Gasteiger partial charge on any atom is 0.321 e. The first-order valence-electron chi connectivity index (χ1n) is 4.58. The molecule has 68 valence electrons. The molecule has 0 spiro atoms. The molecule has 0 amide bonds. The van der Waals surface area contributed by atoms with E-state index in [2.05, 4.69) is 13.8 Å². The molecule has 11 heavy (non-hydrogen) atoms. The molecule has 0 aliphatic heterocycles. The fourth-order valence-corrected chi connectivity index (χ4v) is 2.66. The minimum Gasteiger partial charge on any atom is -0.397 e. The zero-order valence-electron chi connectivity index (χ0n) is 7.93. The number of rotatable bonds is 7. The summed E-state index contributed by atoms with van der Waals surface area (Å²) < 4.78 is 11.1. The van der Waals surface area contributed by atoms with E-state index >= 15 is 0 Å². The fraction of sp³-hybridized carbons (Fsp3) is 1.00. The summed E-state index contributed by atoms with van der Waals surface area (Å²) in [6, 6.07) is 1.15. The van der Waals surface area contributed by atoms with Gasteiger partial charge in [0.05, 0.1) is 0 Å². The smallest absolute Gasteiger partial charge is 0.321 e. The maximum atomic E-state index is 5.59. The van der Waals surface area contributed by atoms with Crippen LogP contribution in [0.1, 0.15) is 33.6 Å². The Balaban J connectivity index is 3.34. The van der Waals surface area contributed by atoms with E-state index in [1.165, 1.54) is 6.42 Å². The van der Waals surface area contributed by atoms with Crippen LogP contribution in [0.5, 0.6) is 0 Å². The summed E-state index contributed by atoms with van der Waals surface area (Å²) in [5.74, 6) is 0. The first-order chi connectivity index (χ1) is 5.35. The van der Waals surface area contributed by atoms with Gasteiger partial charge in [0.15, 0.2) is 0 Å². The zero-order chi connectivity index (χ0) is 8.53. The molecule has 0 saturated carbocycles. The summed E-state index contributed by atoms with van der Waals surface area (Å²) in [6.45, 7) is 8.01. The van der Waals surface area contributed by atoms with E-state index in [0.29, 0.717) is 0 Å². The van der Waals surface area contributed by atoms with Gasteiger partial charge in [-0.3, -0.25) is 0 Å². The standard InChI is InChI=1S/C8H20O2Si/c1-4-7-10-11(8-5-2)9-6-3/h11H,4-8H2,1-3H3. The molecular weight excluding hydrogens is 156 g/mol. The third kappa shape index (κ3) is 6.53. The largest absolute Gasteiger partial charge is 0.397 e. The van der Waals surface area contributed by atoms with Crippen molar-refractivity contribution in [1.29, 1.82) is 0 Å². The molecule has 0 aromatic rings. The third-order valence-electron chi connectivity index (χ3n) is 1.38. The molecular formula is C8H20O2Si. The molecule has 0 heterocycles. The van der Waals surface area contributed by atoms with Crippen LogP contribution in [0.3, 0.4) is 0 Å². The van der Waals surface area contributed by atoms with Crippen LogP contribution in [0.4, 0.5) is 0 Å². The Morgan fingerprint density at radius 1 is 1.00 bits per heavy atom. The van der Waals surface area contributed by atoms with Gasteiger partial charge in [0.2, 0.25) is 0 Å². The second-order valence-corrected chi connectivity index (χ2v) is 4.65. The highest BCUT2D eigenvalue weighted by molar-refractivity contribution is 6.44. The van der Waals surface area contributed by atoms with E-state index in [0.717, 1.165) is 25.7 Å². The van der Waals surface area contributed by atoms with E-state index in [1.54, 1.807) is 0 Å². The predicted molar refractivity (Wildman–Crippen MR) is 50.1 cm³/mol. The molecule has 0 saturated heterocycles. The van der Waals surface area contributed by atoms with Crippen LogP contribution in [-0.2, 0) is 8.85 Å². The first kappa shape index (κ1) is 11.1. The Morgan fingerprint density at radius 2 is 1.73 bits per heavy atom. The van der Waals surface area contributed by atoms with Gasteiger partial charge in [0, 0.05) is 13.2 Å². The quantitative estimate of drug-likeness (QED) is 0.553. The van der Waals surface area contributed by atoms with Gasteiger partial charge in [-0.15, -0.1) is 0 Å². The second-order valence-electron chi connectivity index (χ2n) is 2.54. The Hall–Kier alpha value is 0.137. The van der Waals surface area contributed by atoms with Crippen molar-refractivity contribution in [3.8, 4) is 0 Å². The van der Waals surface area contributed by atoms with Crippen molar-refractivity contribution in [2.45, 2.75) is 39.7 Å². The molecule has 3 heteroatoms. The molecule has 2 nitrogen and oxygen atoms in total. The van der Waals surface area contributed by atoms with E-state index in [9.17, 15) is 0 Å². The van der Waals surface area contributed by atoms with Crippen LogP contribution in [0.15, 0.2) is 0 Å². The van der Waals surface area contributed by atoms with Crippen LogP contribution in [-0.4, -0.2) is 22.5 Å². The molecule has 0 aromatic carbocycles. The van der Waals surface area contributed by atoms with E-state index in [1.807, 2.05) is 6.92 Å². The van der Waals surface area contributed by atoms with Crippen LogP contribution >= 0.6 is 0 Å². The first-order valence-corrected chi connectivity index (χ1v) is 6.34. The van der Waals surface area contributed by atoms with Gasteiger partial charge in [0.1, 0.15) is 0 Å². The highest BCUT2D eigenvalue weighted by atomic mass is 28.3. The third-order valence-corrected chi connectivity index (χ3v) is 3.75. The SMILES string of the molecule is CCCO[SiH](CCC)OCC. The van der Waals surface area contributed by atoms with Gasteiger partial charge in [0.25, 0.3) is 0 Å². The number of hydrogen-bond acceptors (Lipinski definition) is 2. The van der Waals surface area contributed by atoms with Crippen molar-refractivity contribution in [1.82, 2.24) is 0 Å².